The van der Waals surface area contributed by atoms with Crippen LogP contribution >= 0.6 is 12.4 Å². The summed E-state index contributed by atoms with van der Waals surface area (Å²) in [6, 6.07) is 11.6. The monoisotopic (exact) mass is 522 g/mol. The molecule has 0 saturated carbocycles. The number of pyridine rings is 1. The fourth-order valence-electron chi connectivity index (χ4n) is 4.69. The van der Waals surface area contributed by atoms with Crippen LogP contribution < -0.4 is 11.1 Å². The number of benzene rings is 1. The maximum atomic E-state index is 12.9. The quantitative estimate of drug-likeness (QED) is 0.241. The predicted octanol–water partition coefficient (Wildman–Crippen LogP) is 3.48. The van der Waals surface area contributed by atoms with E-state index in [0.29, 0.717) is 23.6 Å². The van der Waals surface area contributed by atoms with Gasteiger partial charge >= 0.3 is 0 Å². The number of halogens is 1. The average molecular weight is 523 g/mol. The lowest BCUT2D eigenvalue weighted by Gasteiger charge is -2.32. The van der Waals surface area contributed by atoms with Crippen molar-refractivity contribution in [3.8, 4) is 22.4 Å². The van der Waals surface area contributed by atoms with Crippen LogP contribution in [0.2, 0.25) is 0 Å². The van der Waals surface area contributed by atoms with Gasteiger partial charge in [0, 0.05) is 73.9 Å². The van der Waals surface area contributed by atoms with Crippen molar-refractivity contribution in [3.63, 3.8) is 0 Å². The Bertz CT molecular complexity index is 1340. The second-order valence-electron chi connectivity index (χ2n) is 9.43. The number of amides is 1. The van der Waals surface area contributed by atoms with Gasteiger partial charge in [-0.2, -0.15) is 5.10 Å². The molecule has 1 aliphatic heterocycles. The van der Waals surface area contributed by atoms with Gasteiger partial charge in [-0.25, -0.2) is 4.98 Å². The first kappa shape index (κ1) is 26.7. The molecule has 0 aliphatic carbocycles. The fraction of sp³-hybridized carbons (Fsp3) is 0.370. The lowest BCUT2D eigenvalue weighted by molar-refractivity contribution is 0.0945. The SMILES string of the molecule is CCn1cc(-c2ccnc3[nH]c(C(=O)NCCCN4CCN(C)CC4)cc23)c(-c2ccc(N)cc2)n1.Cl. The number of nitrogen functional groups attached to an aromatic ring is 1. The minimum atomic E-state index is -0.111. The van der Waals surface area contributed by atoms with Gasteiger partial charge in [0.1, 0.15) is 17.0 Å². The van der Waals surface area contributed by atoms with E-state index in [2.05, 4.69) is 39.1 Å². The molecule has 1 amide bonds. The zero-order valence-corrected chi connectivity index (χ0v) is 22.2. The van der Waals surface area contributed by atoms with E-state index in [1.54, 1.807) is 6.20 Å². The van der Waals surface area contributed by atoms with Gasteiger partial charge in [0.15, 0.2) is 0 Å². The summed E-state index contributed by atoms with van der Waals surface area (Å²) < 4.78 is 1.92. The normalized spacial score (nSPS) is 14.5. The molecular weight excluding hydrogens is 488 g/mol. The van der Waals surface area contributed by atoms with Crippen LogP contribution in [-0.4, -0.2) is 81.8 Å². The minimum Gasteiger partial charge on any atom is -0.399 e. The van der Waals surface area contributed by atoms with Crippen molar-refractivity contribution >= 4 is 35.0 Å². The van der Waals surface area contributed by atoms with E-state index >= 15 is 0 Å². The summed E-state index contributed by atoms with van der Waals surface area (Å²) in [4.78, 5) is 25.4. The number of hydrogen-bond acceptors (Lipinski definition) is 6. The first-order valence-electron chi connectivity index (χ1n) is 12.6. The largest absolute Gasteiger partial charge is 0.399 e. The van der Waals surface area contributed by atoms with Crippen LogP contribution in [0.4, 0.5) is 5.69 Å². The molecule has 0 bridgehead atoms. The highest BCUT2D eigenvalue weighted by Crippen LogP contribution is 2.35. The standard InChI is InChI=1S/C27H34N8O.ClH/c1-3-35-18-23(25(32-35)19-5-7-20(28)8-6-19)21-9-11-29-26-22(21)17-24(31-26)27(36)30-10-4-12-34-15-13-33(2)14-16-34;/h5-9,11,17-18H,3-4,10,12-16,28H2,1-2H3,(H,29,31)(H,30,36);1H. The first-order chi connectivity index (χ1) is 17.5. The average Bonchev–Trinajstić information content (AvgIpc) is 3.53. The van der Waals surface area contributed by atoms with Gasteiger partial charge in [-0.05, 0) is 56.8 Å². The number of aryl methyl sites for hydroxylation is 1. The molecule has 5 rings (SSSR count). The summed E-state index contributed by atoms with van der Waals surface area (Å²) in [6.45, 7) is 8.86. The smallest absolute Gasteiger partial charge is 0.267 e. The molecule has 1 aliphatic rings. The molecule has 1 fully saturated rings. The number of likely N-dealkylation sites (N-methyl/N-ethyl adjacent to an activating group) is 1. The molecule has 4 N–H and O–H groups in total. The van der Waals surface area contributed by atoms with Crippen LogP contribution in [0.5, 0.6) is 0 Å². The van der Waals surface area contributed by atoms with Crippen LogP contribution in [0.25, 0.3) is 33.4 Å². The van der Waals surface area contributed by atoms with Crippen molar-refractivity contribution in [2.24, 2.45) is 0 Å². The Balaban J connectivity index is 0.00000320. The Hall–Kier alpha value is -3.40. The van der Waals surface area contributed by atoms with Gasteiger partial charge in [0.2, 0.25) is 0 Å². The molecular formula is C27H35ClN8O. The number of carbonyl (C=O) groups excluding carboxylic acids is 1. The number of nitrogens with one attached hydrogen (secondary N) is 2. The zero-order valence-electron chi connectivity index (χ0n) is 21.4. The Labute approximate surface area is 223 Å². The summed E-state index contributed by atoms with van der Waals surface area (Å²) >= 11 is 0. The number of nitrogens with two attached hydrogens (primary N) is 1. The van der Waals surface area contributed by atoms with Gasteiger partial charge in [-0.1, -0.05) is 12.1 Å². The third-order valence-corrected chi connectivity index (χ3v) is 6.87. The van der Waals surface area contributed by atoms with Crippen molar-refractivity contribution < 1.29 is 4.79 Å². The van der Waals surface area contributed by atoms with Crippen molar-refractivity contribution in [2.75, 3.05) is 52.0 Å². The number of anilines is 1. The number of aromatic nitrogens is 4. The molecule has 0 radical (unpaired) electrons. The van der Waals surface area contributed by atoms with E-state index in [1.165, 1.54) is 0 Å². The summed E-state index contributed by atoms with van der Waals surface area (Å²) in [5.74, 6) is -0.111. The Kier molecular flexibility index (Phi) is 8.48. The molecule has 196 valence electrons. The van der Waals surface area contributed by atoms with Gasteiger partial charge < -0.3 is 25.8 Å². The number of carbonyl (C=O) groups is 1. The third kappa shape index (κ3) is 5.95. The molecule has 10 heteroatoms. The number of nitrogens with zero attached hydrogens (tertiary/aromatic N) is 5. The summed E-state index contributed by atoms with van der Waals surface area (Å²) in [7, 11) is 2.16. The fourth-order valence-corrected chi connectivity index (χ4v) is 4.69. The minimum absolute atomic E-state index is 0. The lowest BCUT2D eigenvalue weighted by atomic mass is 10.00. The van der Waals surface area contributed by atoms with Crippen molar-refractivity contribution in [2.45, 2.75) is 19.9 Å². The second kappa shape index (κ2) is 11.8. The maximum Gasteiger partial charge on any atom is 0.267 e. The highest BCUT2D eigenvalue weighted by Gasteiger charge is 2.19. The van der Waals surface area contributed by atoms with Crippen LogP contribution in [0.15, 0.2) is 48.8 Å². The van der Waals surface area contributed by atoms with Crippen LogP contribution in [0.1, 0.15) is 23.8 Å². The zero-order chi connectivity index (χ0) is 25.1. The Morgan fingerprint density at radius 1 is 1.11 bits per heavy atom. The predicted molar refractivity (Wildman–Crippen MR) is 151 cm³/mol. The van der Waals surface area contributed by atoms with Crippen molar-refractivity contribution in [3.05, 3.63) is 54.5 Å². The molecule has 3 aromatic heterocycles. The van der Waals surface area contributed by atoms with E-state index in [9.17, 15) is 4.79 Å². The van der Waals surface area contributed by atoms with E-state index < -0.39 is 0 Å². The summed E-state index contributed by atoms with van der Waals surface area (Å²) in [6.07, 6.45) is 4.74. The van der Waals surface area contributed by atoms with Crippen LogP contribution in [0, 0.1) is 0 Å². The topological polar surface area (TPSA) is 108 Å². The number of hydrogen-bond donors (Lipinski definition) is 3. The van der Waals surface area contributed by atoms with E-state index in [1.807, 2.05) is 47.3 Å². The molecule has 9 nitrogen and oxygen atoms in total. The number of fused-ring (bicyclic) bond motifs is 1. The maximum absolute atomic E-state index is 12.9. The van der Waals surface area contributed by atoms with Gasteiger partial charge in [0.25, 0.3) is 5.91 Å². The second-order valence-corrected chi connectivity index (χ2v) is 9.43. The van der Waals surface area contributed by atoms with E-state index in [-0.39, 0.29) is 18.3 Å². The molecule has 0 spiro atoms. The molecule has 0 atom stereocenters. The molecule has 4 heterocycles. The summed E-state index contributed by atoms with van der Waals surface area (Å²) in [5.41, 5.74) is 11.7. The summed E-state index contributed by atoms with van der Waals surface area (Å²) in [5, 5.41) is 8.76. The van der Waals surface area contributed by atoms with Gasteiger partial charge in [0.05, 0.1) is 0 Å². The number of rotatable bonds is 8. The Morgan fingerprint density at radius 2 is 1.86 bits per heavy atom. The molecule has 4 aromatic rings. The molecule has 0 unspecified atom stereocenters. The number of aromatic amines is 1. The lowest BCUT2D eigenvalue weighted by Crippen LogP contribution is -2.45. The molecule has 1 aromatic carbocycles. The number of H-pyrrole nitrogens is 1. The first-order valence-corrected chi connectivity index (χ1v) is 12.6. The van der Waals surface area contributed by atoms with Crippen molar-refractivity contribution in [1.82, 2.24) is 34.9 Å². The van der Waals surface area contributed by atoms with E-state index in [4.69, 9.17) is 10.8 Å². The van der Waals surface area contributed by atoms with Gasteiger partial charge in [-0.3, -0.25) is 9.48 Å². The van der Waals surface area contributed by atoms with Crippen molar-refractivity contribution in [1.29, 1.82) is 0 Å². The van der Waals surface area contributed by atoms with E-state index in [0.717, 1.165) is 73.5 Å². The number of piperazine rings is 1. The molecule has 1 saturated heterocycles. The molecule has 37 heavy (non-hydrogen) atoms. The van der Waals surface area contributed by atoms with Crippen LogP contribution in [-0.2, 0) is 6.54 Å². The van der Waals surface area contributed by atoms with Gasteiger partial charge in [-0.15, -0.1) is 12.4 Å². The third-order valence-electron chi connectivity index (χ3n) is 6.87. The Morgan fingerprint density at radius 3 is 2.59 bits per heavy atom. The highest BCUT2D eigenvalue weighted by atomic mass is 35.5. The highest BCUT2D eigenvalue weighted by molar-refractivity contribution is 6.03. The van der Waals surface area contributed by atoms with Crippen LogP contribution in [0.3, 0.4) is 0 Å².